The predicted octanol–water partition coefficient (Wildman–Crippen LogP) is 5.77. The number of benzene rings is 3. The van der Waals surface area contributed by atoms with Gasteiger partial charge in [-0.3, -0.25) is 0 Å². The van der Waals surface area contributed by atoms with Crippen LogP contribution in [0.2, 0.25) is 0 Å². The minimum absolute atomic E-state index is 0.0840. The first kappa shape index (κ1) is 21.1. The topological polar surface area (TPSA) is 61.8 Å². The minimum Gasteiger partial charge on any atom is -0.462 e. The van der Waals surface area contributed by atoms with Crippen LogP contribution in [0.1, 0.15) is 42.3 Å². The number of ether oxygens (including phenoxy) is 3. The Kier molecular flexibility index (Phi) is 6.52. The molecule has 5 nitrogen and oxygen atoms in total. The lowest BCUT2D eigenvalue weighted by molar-refractivity contribution is 0.0522. The zero-order valence-electron chi connectivity index (χ0n) is 17.3. The largest absolute Gasteiger partial charge is 0.519 e. The van der Waals surface area contributed by atoms with Gasteiger partial charge in [0.05, 0.1) is 6.61 Å². The van der Waals surface area contributed by atoms with E-state index in [1.165, 1.54) is 12.1 Å². The quantitative estimate of drug-likeness (QED) is 0.386. The molecule has 0 spiro atoms. The van der Waals surface area contributed by atoms with E-state index in [2.05, 4.69) is 13.8 Å². The third-order valence-electron chi connectivity index (χ3n) is 4.82. The molecule has 0 atom stereocenters. The maximum atomic E-state index is 12.5. The lowest BCUT2D eigenvalue weighted by Crippen LogP contribution is -2.22. The predicted molar refractivity (Wildman–Crippen MR) is 114 cm³/mol. The molecule has 0 aliphatic heterocycles. The van der Waals surface area contributed by atoms with Crippen molar-refractivity contribution >= 4 is 12.1 Å². The van der Waals surface area contributed by atoms with E-state index >= 15 is 0 Å². The summed E-state index contributed by atoms with van der Waals surface area (Å²) < 4.78 is 15.9. The summed E-state index contributed by atoms with van der Waals surface area (Å²) in [7, 11) is 0. The van der Waals surface area contributed by atoms with Crippen LogP contribution in [0.4, 0.5) is 4.79 Å². The first-order valence-corrected chi connectivity index (χ1v) is 9.74. The van der Waals surface area contributed by atoms with Crippen molar-refractivity contribution in [2.24, 2.45) is 0 Å². The molecule has 0 fully saturated rings. The lowest BCUT2D eigenvalue weighted by Gasteiger charge is -2.27. The van der Waals surface area contributed by atoms with Gasteiger partial charge in [-0.1, -0.05) is 74.5 Å². The van der Waals surface area contributed by atoms with Crippen molar-refractivity contribution < 1.29 is 23.8 Å². The fourth-order valence-corrected chi connectivity index (χ4v) is 3.22. The van der Waals surface area contributed by atoms with E-state index in [1.807, 2.05) is 42.5 Å². The molecule has 0 radical (unpaired) electrons. The lowest BCUT2D eigenvalue weighted by atomic mass is 9.78. The molecule has 0 aliphatic rings. The van der Waals surface area contributed by atoms with Gasteiger partial charge in [-0.2, -0.15) is 0 Å². The van der Waals surface area contributed by atoms with Crippen LogP contribution in [0, 0.1) is 0 Å². The molecular formula is C25H24O5. The van der Waals surface area contributed by atoms with Gasteiger partial charge in [-0.05, 0) is 30.7 Å². The summed E-state index contributed by atoms with van der Waals surface area (Å²) in [5, 5.41) is 0. The number of hydrogen-bond donors (Lipinski definition) is 0. The van der Waals surface area contributed by atoms with Crippen LogP contribution in [0.25, 0.3) is 0 Å². The van der Waals surface area contributed by atoms with Crippen LogP contribution in [-0.4, -0.2) is 18.7 Å². The second-order valence-electron chi connectivity index (χ2n) is 7.16. The molecule has 3 aromatic carbocycles. The Morgan fingerprint density at radius 1 is 0.767 bits per heavy atom. The fraction of sp³-hybridized carbons (Fsp3) is 0.200. The Morgan fingerprint density at radius 3 is 2.03 bits per heavy atom. The Balaban J connectivity index is 1.84. The maximum absolute atomic E-state index is 12.5. The van der Waals surface area contributed by atoms with E-state index in [0.717, 1.165) is 11.1 Å². The number of para-hydroxylation sites is 2. The molecule has 0 aromatic heterocycles. The summed E-state index contributed by atoms with van der Waals surface area (Å²) in [5.74, 6) is -0.0859. The second kappa shape index (κ2) is 9.27. The molecule has 0 saturated carbocycles. The van der Waals surface area contributed by atoms with Gasteiger partial charge in [0.25, 0.3) is 0 Å². The summed E-state index contributed by atoms with van der Waals surface area (Å²) in [6.45, 7) is 6.05. The van der Waals surface area contributed by atoms with E-state index in [9.17, 15) is 9.59 Å². The summed E-state index contributed by atoms with van der Waals surface area (Å²) in [5.41, 5.74) is 1.68. The molecule has 154 valence electrons. The first-order valence-electron chi connectivity index (χ1n) is 9.74. The molecule has 0 saturated heterocycles. The molecule has 0 amide bonds. The summed E-state index contributed by atoms with van der Waals surface area (Å²) in [6, 6.07) is 23.7. The SMILES string of the molecule is CCOC(=O)c1ccccc1OC(=O)Oc1ccccc1C(C)(C)c1ccccc1. The first-order chi connectivity index (χ1) is 14.4. The van der Waals surface area contributed by atoms with Gasteiger partial charge in [0.2, 0.25) is 0 Å². The van der Waals surface area contributed by atoms with Crippen LogP contribution in [0.15, 0.2) is 78.9 Å². The standard InChI is InChI=1S/C25H24O5/c1-4-28-23(26)19-14-8-10-16-21(19)29-24(27)30-22-17-11-9-15-20(22)25(2,3)18-12-6-5-7-13-18/h5-17H,4H2,1-3H3. The number of hydrogen-bond acceptors (Lipinski definition) is 5. The molecule has 5 heteroatoms. The number of carbonyl (C=O) groups excluding carboxylic acids is 2. The van der Waals surface area contributed by atoms with Gasteiger partial charge in [-0.25, -0.2) is 9.59 Å². The van der Waals surface area contributed by atoms with Crippen LogP contribution in [0.5, 0.6) is 11.5 Å². The highest BCUT2D eigenvalue weighted by atomic mass is 16.7. The van der Waals surface area contributed by atoms with E-state index < -0.39 is 17.5 Å². The molecule has 3 aromatic rings. The summed E-state index contributed by atoms with van der Waals surface area (Å²) in [6.07, 6.45) is -0.928. The minimum atomic E-state index is -0.928. The number of esters is 1. The van der Waals surface area contributed by atoms with Crippen molar-refractivity contribution in [1.82, 2.24) is 0 Å². The fourth-order valence-electron chi connectivity index (χ4n) is 3.22. The van der Waals surface area contributed by atoms with Gasteiger partial charge >= 0.3 is 12.1 Å². The Hall–Kier alpha value is -3.60. The van der Waals surface area contributed by atoms with E-state index in [1.54, 1.807) is 31.2 Å². The Bertz CT molecular complexity index is 1020. The highest BCUT2D eigenvalue weighted by molar-refractivity contribution is 5.93. The third kappa shape index (κ3) is 4.69. The average molecular weight is 404 g/mol. The normalized spacial score (nSPS) is 10.9. The van der Waals surface area contributed by atoms with Crippen molar-refractivity contribution in [3.8, 4) is 11.5 Å². The number of rotatable bonds is 6. The van der Waals surface area contributed by atoms with Crippen LogP contribution < -0.4 is 9.47 Å². The van der Waals surface area contributed by atoms with E-state index in [-0.39, 0.29) is 17.9 Å². The van der Waals surface area contributed by atoms with Crippen LogP contribution in [-0.2, 0) is 10.2 Å². The zero-order valence-corrected chi connectivity index (χ0v) is 17.3. The van der Waals surface area contributed by atoms with E-state index in [4.69, 9.17) is 14.2 Å². The number of carbonyl (C=O) groups is 2. The summed E-state index contributed by atoms with van der Waals surface area (Å²) in [4.78, 5) is 24.6. The van der Waals surface area contributed by atoms with E-state index in [0.29, 0.717) is 5.75 Å². The summed E-state index contributed by atoms with van der Waals surface area (Å²) >= 11 is 0. The van der Waals surface area contributed by atoms with Crippen molar-refractivity contribution in [1.29, 1.82) is 0 Å². The molecule has 30 heavy (non-hydrogen) atoms. The Morgan fingerprint density at radius 2 is 1.33 bits per heavy atom. The van der Waals surface area contributed by atoms with Crippen molar-refractivity contribution in [2.45, 2.75) is 26.2 Å². The third-order valence-corrected chi connectivity index (χ3v) is 4.82. The molecule has 0 N–H and O–H groups in total. The van der Waals surface area contributed by atoms with Gasteiger partial charge in [0, 0.05) is 11.0 Å². The van der Waals surface area contributed by atoms with Crippen LogP contribution in [0.3, 0.4) is 0 Å². The van der Waals surface area contributed by atoms with Crippen molar-refractivity contribution in [2.75, 3.05) is 6.61 Å². The zero-order chi connectivity index (χ0) is 21.6. The van der Waals surface area contributed by atoms with Gasteiger partial charge in [-0.15, -0.1) is 0 Å². The van der Waals surface area contributed by atoms with Crippen molar-refractivity contribution in [3.63, 3.8) is 0 Å². The second-order valence-corrected chi connectivity index (χ2v) is 7.16. The molecule has 3 rings (SSSR count). The highest BCUT2D eigenvalue weighted by Crippen LogP contribution is 2.37. The molecule has 0 aliphatic carbocycles. The Labute approximate surface area is 176 Å². The van der Waals surface area contributed by atoms with Crippen LogP contribution >= 0.6 is 0 Å². The molecule has 0 bridgehead atoms. The molecular weight excluding hydrogens is 380 g/mol. The van der Waals surface area contributed by atoms with Gasteiger partial charge < -0.3 is 14.2 Å². The molecule has 0 heterocycles. The van der Waals surface area contributed by atoms with Gasteiger partial charge in [0.15, 0.2) is 0 Å². The smallest absolute Gasteiger partial charge is 0.462 e. The van der Waals surface area contributed by atoms with Gasteiger partial charge in [0.1, 0.15) is 17.1 Å². The monoisotopic (exact) mass is 404 g/mol. The average Bonchev–Trinajstić information content (AvgIpc) is 2.75. The van der Waals surface area contributed by atoms with Crippen molar-refractivity contribution in [3.05, 3.63) is 95.6 Å². The maximum Gasteiger partial charge on any atom is 0.519 e. The molecule has 0 unspecified atom stereocenters. The highest BCUT2D eigenvalue weighted by Gasteiger charge is 2.27.